The molecule has 0 amide bonds. The van der Waals surface area contributed by atoms with Crippen LogP contribution >= 0.6 is 0 Å². The summed E-state index contributed by atoms with van der Waals surface area (Å²) in [4.78, 5) is 0. The summed E-state index contributed by atoms with van der Waals surface area (Å²) in [5.74, 6) is 3.21. The molecule has 1 aliphatic heterocycles. The van der Waals surface area contributed by atoms with Gasteiger partial charge in [-0.15, -0.1) is 0 Å². The lowest BCUT2D eigenvalue weighted by molar-refractivity contribution is -0.0502. The number of aliphatic hydroxyl groups excluding tert-OH is 2. The van der Waals surface area contributed by atoms with Crippen molar-refractivity contribution in [3.8, 4) is 0 Å². The van der Waals surface area contributed by atoms with Gasteiger partial charge >= 0.3 is 0 Å². The Labute approximate surface area is 170 Å². The minimum atomic E-state index is -0.141. The van der Waals surface area contributed by atoms with Gasteiger partial charge in [-0.1, -0.05) is 38.8 Å². The number of hydrogen-bond acceptors (Lipinski definition) is 3. The third-order valence-electron chi connectivity index (χ3n) is 9.80. The normalized spacial score (nSPS) is 51.2. The van der Waals surface area contributed by atoms with Crippen LogP contribution in [0.25, 0.3) is 0 Å². The number of piperidine rings is 1. The highest BCUT2D eigenvalue weighted by Gasteiger charge is 2.60. The van der Waals surface area contributed by atoms with Crippen molar-refractivity contribution in [1.29, 1.82) is 0 Å². The van der Waals surface area contributed by atoms with Gasteiger partial charge < -0.3 is 15.5 Å². The summed E-state index contributed by atoms with van der Waals surface area (Å²) in [5, 5.41) is 25.1. The molecule has 3 heteroatoms. The Morgan fingerprint density at radius 2 is 1.79 bits per heavy atom. The van der Waals surface area contributed by atoms with E-state index in [0.29, 0.717) is 29.7 Å². The molecule has 1 heterocycles. The van der Waals surface area contributed by atoms with Crippen LogP contribution in [0, 0.1) is 34.5 Å². The van der Waals surface area contributed by atoms with Crippen LogP contribution in [0.15, 0.2) is 23.0 Å². The van der Waals surface area contributed by atoms with Crippen LogP contribution in [0.3, 0.4) is 0 Å². The Balaban J connectivity index is 1.49. The van der Waals surface area contributed by atoms with E-state index in [9.17, 15) is 10.2 Å². The van der Waals surface area contributed by atoms with Gasteiger partial charge in [0.1, 0.15) is 0 Å². The van der Waals surface area contributed by atoms with Crippen LogP contribution in [0.5, 0.6) is 0 Å². The van der Waals surface area contributed by atoms with Crippen LogP contribution in [0.1, 0.15) is 78.6 Å². The van der Waals surface area contributed by atoms with Gasteiger partial charge in [0, 0.05) is 12.5 Å². The number of aliphatic hydroxyl groups is 2. The predicted octanol–water partition coefficient (Wildman–Crippen LogP) is 5.12. The van der Waals surface area contributed by atoms with Gasteiger partial charge in [0.2, 0.25) is 0 Å². The fraction of sp³-hybridized carbons (Fsp3) is 0.840. The molecule has 3 fully saturated rings. The summed E-state index contributed by atoms with van der Waals surface area (Å²) in [6.45, 7) is 8.46. The number of fused-ring (bicyclic) bond motifs is 5. The summed E-state index contributed by atoms with van der Waals surface area (Å²) < 4.78 is 0. The van der Waals surface area contributed by atoms with Crippen LogP contribution in [-0.2, 0) is 0 Å². The molecule has 28 heavy (non-hydrogen) atoms. The van der Waals surface area contributed by atoms with E-state index in [1.807, 2.05) is 0 Å². The van der Waals surface area contributed by atoms with E-state index in [1.54, 1.807) is 0 Å². The minimum Gasteiger partial charge on any atom is -0.512 e. The molecule has 4 aliphatic carbocycles. The summed E-state index contributed by atoms with van der Waals surface area (Å²) in [5.41, 5.74) is 3.33. The van der Waals surface area contributed by atoms with E-state index >= 15 is 0 Å². The lowest BCUT2D eigenvalue weighted by Crippen LogP contribution is -2.53. The topological polar surface area (TPSA) is 52.5 Å². The maximum absolute atomic E-state index is 11.1. The van der Waals surface area contributed by atoms with Gasteiger partial charge in [-0.2, -0.15) is 0 Å². The monoisotopic (exact) mass is 385 g/mol. The Kier molecular flexibility index (Phi) is 4.52. The van der Waals surface area contributed by atoms with Crippen LogP contribution in [0.2, 0.25) is 0 Å². The quantitative estimate of drug-likeness (QED) is 0.549. The number of allylic oxidation sites excluding steroid dienone is 2. The molecule has 0 radical (unpaired) electrons. The average Bonchev–Trinajstić information content (AvgIpc) is 2.94. The SMILES string of the molecule is C[C@H]1C=C2C[C@@H](O)CC[C@]2(C)[C@H]2CC[C@]3(C)C(C4CCCCN4)=C(O)C[C@H]3[C@H]12. The van der Waals surface area contributed by atoms with Gasteiger partial charge in [-0.05, 0) is 91.6 Å². The van der Waals surface area contributed by atoms with Crippen molar-refractivity contribution in [3.05, 3.63) is 23.0 Å². The molecule has 5 rings (SSSR count). The van der Waals surface area contributed by atoms with Crippen LogP contribution in [0.4, 0.5) is 0 Å². The first kappa shape index (κ1) is 19.2. The molecule has 2 saturated carbocycles. The van der Waals surface area contributed by atoms with Gasteiger partial charge in [0.15, 0.2) is 0 Å². The highest BCUT2D eigenvalue weighted by atomic mass is 16.3. The first-order valence-electron chi connectivity index (χ1n) is 11.9. The summed E-state index contributed by atoms with van der Waals surface area (Å²) in [6, 6.07) is 0.394. The predicted molar refractivity (Wildman–Crippen MR) is 113 cm³/mol. The van der Waals surface area contributed by atoms with E-state index in [2.05, 4.69) is 32.2 Å². The third kappa shape index (κ3) is 2.61. The van der Waals surface area contributed by atoms with E-state index in [4.69, 9.17) is 0 Å². The summed E-state index contributed by atoms with van der Waals surface area (Å²) in [6.07, 6.45) is 12.5. The van der Waals surface area contributed by atoms with E-state index in [1.165, 1.54) is 43.3 Å². The molecule has 0 spiro atoms. The third-order valence-corrected chi connectivity index (χ3v) is 9.80. The first-order chi connectivity index (χ1) is 13.3. The lowest BCUT2D eigenvalue weighted by Gasteiger charge is -2.59. The number of hydrogen-bond donors (Lipinski definition) is 3. The standard InChI is InChI=1S/C25H39NO2/c1-15-12-16-13-17(27)7-9-24(16,2)18-8-10-25(3)19(22(15)18)14-21(28)23(25)20-6-4-5-11-26-20/h12,15,17-20,22,26-28H,4-11,13-14H2,1-3H3/t15-,17-,18-,19-,20?,22+,24-,25-/m0/s1. The zero-order valence-electron chi connectivity index (χ0n) is 18.0. The maximum Gasteiger partial charge on any atom is 0.0939 e. The Bertz CT molecular complexity index is 705. The molecule has 0 aromatic rings. The van der Waals surface area contributed by atoms with Crippen molar-refractivity contribution in [2.75, 3.05) is 6.54 Å². The molecule has 3 nitrogen and oxygen atoms in total. The van der Waals surface area contributed by atoms with E-state index in [0.717, 1.165) is 38.0 Å². The van der Waals surface area contributed by atoms with E-state index in [-0.39, 0.29) is 16.9 Å². The average molecular weight is 386 g/mol. The molecule has 0 aromatic heterocycles. The molecule has 1 unspecified atom stereocenters. The second-order valence-electron chi connectivity index (χ2n) is 11.2. The highest BCUT2D eigenvalue weighted by Crippen LogP contribution is 2.67. The molecule has 1 saturated heterocycles. The first-order valence-corrected chi connectivity index (χ1v) is 11.9. The van der Waals surface area contributed by atoms with E-state index < -0.39 is 0 Å². The van der Waals surface area contributed by atoms with Gasteiger partial charge in [-0.3, -0.25) is 0 Å². The van der Waals surface area contributed by atoms with Gasteiger partial charge in [-0.25, -0.2) is 0 Å². The zero-order valence-corrected chi connectivity index (χ0v) is 18.0. The second-order valence-corrected chi connectivity index (χ2v) is 11.2. The second kappa shape index (κ2) is 6.60. The zero-order chi connectivity index (χ0) is 19.7. The summed E-state index contributed by atoms with van der Waals surface area (Å²) in [7, 11) is 0. The van der Waals surface area contributed by atoms with Crippen molar-refractivity contribution in [3.63, 3.8) is 0 Å². The minimum absolute atomic E-state index is 0.141. The Hall–Kier alpha value is -0.800. The van der Waals surface area contributed by atoms with Crippen molar-refractivity contribution in [2.24, 2.45) is 34.5 Å². The molecular formula is C25H39NO2. The maximum atomic E-state index is 11.1. The smallest absolute Gasteiger partial charge is 0.0939 e. The van der Waals surface area contributed by atoms with Crippen molar-refractivity contribution < 1.29 is 10.2 Å². The molecule has 3 N–H and O–H groups in total. The fourth-order valence-electron chi connectivity index (χ4n) is 8.38. The fourth-order valence-corrected chi connectivity index (χ4v) is 8.38. The van der Waals surface area contributed by atoms with Crippen molar-refractivity contribution >= 4 is 0 Å². The largest absolute Gasteiger partial charge is 0.512 e. The molecule has 5 aliphatic rings. The molecule has 0 bridgehead atoms. The molecule has 156 valence electrons. The van der Waals surface area contributed by atoms with Crippen molar-refractivity contribution in [1.82, 2.24) is 5.32 Å². The van der Waals surface area contributed by atoms with Crippen LogP contribution < -0.4 is 5.32 Å². The molecule has 0 aromatic carbocycles. The van der Waals surface area contributed by atoms with Gasteiger partial charge in [0.25, 0.3) is 0 Å². The molecule has 8 atom stereocenters. The molecular weight excluding hydrogens is 346 g/mol. The van der Waals surface area contributed by atoms with Crippen LogP contribution in [-0.4, -0.2) is 28.9 Å². The number of rotatable bonds is 1. The summed E-state index contributed by atoms with van der Waals surface area (Å²) >= 11 is 0. The number of nitrogens with one attached hydrogen (secondary N) is 1. The van der Waals surface area contributed by atoms with Crippen molar-refractivity contribution in [2.45, 2.75) is 90.7 Å². The highest BCUT2D eigenvalue weighted by molar-refractivity contribution is 5.35. The Morgan fingerprint density at radius 3 is 2.54 bits per heavy atom. The lowest BCUT2D eigenvalue weighted by atomic mass is 9.45. The Morgan fingerprint density at radius 1 is 1.00 bits per heavy atom. The van der Waals surface area contributed by atoms with Gasteiger partial charge in [0.05, 0.1) is 11.9 Å².